The van der Waals surface area contributed by atoms with Crippen molar-refractivity contribution in [1.82, 2.24) is 20.5 Å². The van der Waals surface area contributed by atoms with Crippen molar-refractivity contribution in [3.63, 3.8) is 0 Å². The molecule has 1 aliphatic heterocycles. The van der Waals surface area contributed by atoms with E-state index in [0.29, 0.717) is 24.1 Å². The number of benzene rings is 1. The van der Waals surface area contributed by atoms with Crippen molar-refractivity contribution >= 4 is 17.4 Å². The predicted molar refractivity (Wildman–Crippen MR) is 117 cm³/mol. The third-order valence-corrected chi connectivity index (χ3v) is 5.75. The molecule has 156 valence electrons. The van der Waals surface area contributed by atoms with Crippen LogP contribution in [0.3, 0.4) is 0 Å². The molecule has 7 nitrogen and oxygen atoms in total. The Morgan fingerprint density at radius 3 is 2.77 bits per heavy atom. The Bertz CT molecular complexity index is 890. The number of nitrogens with zero attached hydrogens (tertiary/aromatic N) is 3. The largest absolute Gasteiger partial charge is 0.362 e. The summed E-state index contributed by atoms with van der Waals surface area (Å²) >= 11 is 0. The molecule has 3 N–H and O–H groups in total. The second kappa shape index (κ2) is 9.14. The number of para-hydroxylation sites is 1. The third-order valence-electron chi connectivity index (χ3n) is 5.75. The number of aliphatic imine (C=N–C) groups is 1. The van der Waals surface area contributed by atoms with Gasteiger partial charge in [0, 0.05) is 50.2 Å². The summed E-state index contributed by atoms with van der Waals surface area (Å²) in [6, 6.07) is 13.0. The molecular weight excluding hydrogens is 376 g/mol. The fourth-order valence-corrected chi connectivity index (χ4v) is 4.12. The highest BCUT2D eigenvalue weighted by Crippen LogP contribution is 2.26. The summed E-state index contributed by atoms with van der Waals surface area (Å²) in [4.78, 5) is 22.9. The summed E-state index contributed by atoms with van der Waals surface area (Å²) in [5, 5.41) is 10.2. The quantitative estimate of drug-likeness (QED) is 0.712. The van der Waals surface area contributed by atoms with Gasteiger partial charge in [-0.3, -0.25) is 10.1 Å². The monoisotopic (exact) mass is 404 g/mol. The van der Waals surface area contributed by atoms with Gasteiger partial charge >= 0.3 is 0 Å². The maximum atomic E-state index is 12.2. The van der Waals surface area contributed by atoms with Crippen LogP contribution < -0.4 is 16.0 Å². The van der Waals surface area contributed by atoms with E-state index >= 15 is 0 Å². The fourth-order valence-electron chi connectivity index (χ4n) is 4.12. The lowest BCUT2D eigenvalue weighted by Crippen LogP contribution is -2.47. The molecule has 1 aromatic carbocycles. The van der Waals surface area contributed by atoms with E-state index in [9.17, 15) is 4.79 Å². The molecule has 2 aromatic rings. The van der Waals surface area contributed by atoms with E-state index in [-0.39, 0.29) is 12.2 Å². The molecule has 1 saturated carbocycles. The average molecular weight is 405 g/mol. The van der Waals surface area contributed by atoms with Gasteiger partial charge in [-0.2, -0.15) is 0 Å². The van der Waals surface area contributed by atoms with Gasteiger partial charge in [-0.1, -0.05) is 12.1 Å². The van der Waals surface area contributed by atoms with Crippen molar-refractivity contribution in [3.05, 3.63) is 59.9 Å². The lowest BCUT2D eigenvalue weighted by Gasteiger charge is -2.34. The Morgan fingerprint density at radius 2 is 2.03 bits per heavy atom. The molecule has 30 heavy (non-hydrogen) atoms. The first-order chi connectivity index (χ1) is 14.6. The summed E-state index contributed by atoms with van der Waals surface area (Å²) in [7, 11) is 4.05. The van der Waals surface area contributed by atoms with Crippen molar-refractivity contribution in [2.75, 3.05) is 26.0 Å². The minimum Gasteiger partial charge on any atom is -0.362 e. The molecule has 1 fully saturated rings. The van der Waals surface area contributed by atoms with Crippen molar-refractivity contribution in [2.45, 2.75) is 38.0 Å². The number of carbonyl (C=O) groups excluding carboxylic acids is 1. The topological polar surface area (TPSA) is 81.7 Å². The Labute approximate surface area is 178 Å². The molecule has 0 radical (unpaired) electrons. The lowest BCUT2D eigenvalue weighted by molar-refractivity contribution is 0.0942. The van der Waals surface area contributed by atoms with Gasteiger partial charge in [0.1, 0.15) is 5.84 Å². The summed E-state index contributed by atoms with van der Waals surface area (Å²) in [6.45, 7) is 0.697. The predicted octanol–water partition coefficient (Wildman–Crippen LogP) is 2.28. The maximum Gasteiger partial charge on any atom is 0.253 e. The number of fused-ring (bicyclic) bond motifs is 1. The molecule has 0 bridgehead atoms. The second-order valence-corrected chi connectivity index (χ2v) is 8.15. The van der Waals surface area contributed by atoms with Crippen LogP contribution in [0.2, 0.25) is 0 Å². The molecule has 1 atom stereocenters. The van der Waals surface area contributed by atoms with Gasteiger partial charge in [0.05, 0.1) is 11.8 Å². The van der Waals surface area contributed by atoms with Crippen LogP contribution in [-0.2, 0) is 0 Å². The van der Waals surface area contributed by atoms with E-state index in [2.05, 4.69) is 50.2 Å². The summed E-state index contributed by atoms with van der Waals surface area (Å²) < 4.78 is 0. The SMILES string of the molecule is CN(C)C1=NC(NC2CCC(CNC(=O)c3cc#cnc3)CC2)Nc2ccccc21. The molecule has 1 aliphatic carbocycles. The second-order valence-electron chi connectivity index (χ2n) is 8.15. The number of anilines is 1. The van der Waals surface area contributed by atoms with Gasteiger partial charge < -0.3 is 15.5 Å². The highest BCUT2D eigenvalue weighted by atomic mass is 16.1. The van der Waals surface area contributed by atoms with Crippen LogP contribution in [0.25, 0.3) is 0 Å². The zero-order valence-corrected chi connectivity index (χ0v) is 17.5. The minimum atomic E-state index is -0.128. The minimum absolute atomic E-state index is 0.0939. The first-order valence-electron chi connectivity index (χ1n) is 10.5. The van der Waals surface area contributed by atoms with Crippen molar-refractivity contribution in [1.29, 1.82) is 0 Å². The number of aromatic nitrogens is 1. The Balaban J connectivity index is 1.27. The van der Waals surface area contributed by atoms with E-state index in [1.807, 2.05) is 26.2 Å². The van der Waals surface area contributed by atoms with Crippen molar-refractivity contribution < 1.29 is 4.79 Å². The fraction of sp³-hybridized carbons (Fsp3) is 0.435. The number of amides is 1. The number of carbonyl (C=O) groups is 1. The van der Waals surface area contributed by atoms with Crippen LogP contribution >= 0.6 is 0 Å². The summed E-state index contributed by atoms with van der Waals surface area (Å²) in [5.74, 6) is 1.40. The van der Waals surface area contributed by atoms with Crippen LogP contribution in [0.4, 0.5) is 5.69 Å². The van der Waals surface area contributed by atoms with Crippen LogP contribution in [0.5, 0.6) is 0 Å². The van der Waals surface area contributed by atoms with E-state index in [4.69, 9.17) is 4.99 Å². The first kappa shape index (κ1) is 20.2. The smallest absolute Gasteiger partial charge is 0.253 e. The molecule has 0 saturated heterocycles. The molecule has 1 unspecified atom stereocenters. The lowest BCUT2D eigenvalue weighted by atomic mass is 9.86. The van der Waals surface area contributed by atoms with Gasteiger partial charge in [-0.15, -0.1) is 0 Å². The molecule has 2 aliphatic rings. The van der Waals surface area contributed by atoms with Crippen molar-refractivity contribution in [2.24, 2.45) is 10.9 Å². The number of nitrogens with one attached hydrogen (secondary N) is 3. The number of hydrogen-bond acceptors (Lipinski definition) is 6. The molecule has 1 amide bonds. The highest BCUT2D eigenvalue weighted by molar-refractivity contribution is 6.04. The molecule has 1 aromatic heterocycles. The highest BCUT2D eigenvalue weighted by Gasteiger charge is 2.26. The first-order valence-corrected chi connectivity index (χ1v) is 10.5. The van der Waals surface area contributed by atoms with Gasteiger partial charge in [0.25, 0.3) is 5.91 Å². The van der Waals surface area contributed by atoms with Crippen LogP contribution in [0.1, 0.15) is 41.6 Å². The van der Waals surface area contributed by atoms with Crippen molar-refractivity contribution in [3.8, 4) is 0 Å². The zero-order chi connectivity index (χ0) is 20.9. The van der Waals surface area contributed by atoms with Crippen LogP contribution in [0.15, 0.2) is 41.5 Å². The third kappa shape index (κ3) is 4.71. The summed E-state index contributed by atoms with van der Waals surface area (Å²) in [5.41, 5.74) is 2.77. The normalized spacial score (nSPS) is 22.7. The maximum absolute atomic E-state index is 12.2. The Kier molecular flexibility index (Phi) is 6.15. The van der Waals surface area contributed by atoms with Gasteiger partial charge in [0.15, 0.2) is 6.29 Å². The molecule has 2 heterocycles. The average Bonchev–Trinajstić information content (AvgIpc) is 2.78. The number of hydrogen-bond donors (Lipinski definition) is 3. The molecule has 4 rings (SSSR count). The number of amidine groups is 1. The van der Waals surface area contributed by atoms with Gasteiger partial charge in [-0.25, -0.2) is 9.98 Å². The Morgan fingerprint density at radius 1 is 1.23 bits per heavy atom. The molecule has 0 spiro atoms. The Hall–Kier alpha value is -3.11. The summed E-state index contributed by atoms with van der Waals surface area (Å²) in [6.07, 6.45) is 8.27. The van der Waals surface area contributed by atoms with Gasteiger partial charge in [-0.05, 0) is 49.8 Å². The van der Waals surface area contributed by atoms with Crippen LogP contribution in [-0.4, -0.2) is 54.6 Å². The molecule has 7 heteroatoms. The van der Waals surface area contributed by atoms with E-state index in [1.165, 1.54) is 6.20 Å². The zero-order valence-electron chi connectivity index (χ0n) is 17.5. The standard InChI is InChI=1S/C23H28N6O/c1-29(2)21-19-7-3-4-8-20(19)27-23(28-21)26-18-11-9-16(10-12-18)14-25-22(30)17-6-5-13-24-15-17/h3-4,6-8,15-16,18,23,26-27H,9-12,14H2,1-2H3,(H,25,30). The van der Waals surface area contributed by atoms with Gasteiger partial charge in [0.2, 0.25) is 0 Å². The van der Waals surface area contributed by atoms with E-state index < -0.39 is 0 Å². The van der Waals surface area contributed by atoms with E-state index in [1.54, 1.807) is 6.07 Å². The molecular formula is C23H28N6O. The number of rotatable bonds is 5. The van der Waals surface area contributed by atoms with Crippen LogP contribution in [0, 0.1) is 18.2 Å². The van der Waals surface area contributed by atoms with E-state index in [0.717, 1.165) is 42.8 Å².